The minimum absolute atomic E-state index is 0.181. The van der Waals surface area contributed by atoms with Gasteiger partial charge in [-0.15, -0.1) is 0 Å². The highest BCUT2D eigenvalue weighted by atomic mass is 79.9. The molecule has 0 aliphatic heterocycles. The first-order valence-corrected chi connectivity index (χ1v) is 5.59. The number of aromatic nitrogens is 2. The van der Waals surface area contributed by atoms with E-state index >= 15 is 0 Å². The molecule has 0 saturated heterocycles. The van der Waals surface area contributed by atoms with Crippen LogP contribution in [0.4, 0.5) is 11.5 Å². The monoisotopic (exact) mass is 292 g/mol. The van der Waals surface area contributed by atoms with Crippen LogP contribution < -0.4 is 11.1 Å². The van der Waals surface area contributed by atoms with Crippen LogP contribution in [0, 0.1) is 0 Å². The Labute approximate surface area is 106 Å². The fourth-order valence-corrected chi connectivity index (χ4v) is 1.81. The highest BCUT2D eigenvalue weighted by Gasteiger charge is 2.14. The SMILES string of the molecule is Nc1nccc(Br)c1C(=O)Nc1cccnc1. The minimum atomic E-state index is -0.324. The molecule has 2 aromatic rings. The zero-order valence-corrected chi connectivity index (χ0v) is 10.3. The van der Waals surface area contributed by atoms with Crippen LogP contribution >= 0.6 is 15.9 Å². The Balaban J connectivity index is 2.27. The van der Waals surface area contributed by atoms with E-state index in [0.29, 0.717) is 15.7 Å². The first kappa shape index (κ1) is 11.5. The van der Waals surface area contributed by atoms with Gasteiger partial charge in [0.2, 0.25) is 0 Å². The largest absolute Gasteiger partial charge is 0.383 e. The Morgan fingerprint density at radius 3 is 2.82 bits per heavy atom. The second-order valence-electron chi connectivity index (χ2n) is 3.25. The number of carbonyl (C=O) groups is 1. The van der Waals surface area contributed by atoms with E-state index in [1.165, 1.54) is 6.20 Å². The molecule has 5 nitrogen and oxygen atoms in total. The molecule has 0 fully saturated rings. The minimum Gasteiger partial charge on any atom is -0.383 e. The molecule has 0 saturated carbocycles. The lowest BCUT2D eigenvalue weighted by atomic mass is 10.2. The summed E-state index contributed by atoms with van der Waals surface area (Å²) in [5.41, 5.74) is 6.58. The molecular formula is C11H9BrN4O. The summed E-state index contributed by atoms with van der Waals surface area (Å²) in [6.45, 7) is 0. The molecule has 0 atom stereocenters. The van der Waals surface area contributed by atoms with E-state index in [1.54, 1.807) is 30.6 Å². The molecule has 0 bridgehead atoms. The summed E-state index contributed by atoms with van der Waals surface area (Å²) < 4.78 is 0.603. The van der Waals surface area contributed by atoms with Gasteiger partial charge in [-0.05, 0) is 34.1 Å². The Kier molecular flexibility index (Phi) is 3.34. The summed E-state index contributed by atoms with van der Waals surface area (Å²) in [6.07, 6.45) is 4.71. The molecule has 86 valence electrons. The van der Waals surface area contributed by atoms with Crippen molar-refractivity contribution in [1.29, 1.82) is 0 Å². The van der Waals surface area contributed by atoms with Crippen LogP contribution in [0.15, 0.2) is 41.3 Å². The number of anilines is 2. The molecule has 0 unspecified atom stereocenters. The predicted octanol–water partition coefficient (Wildman–Crippen LogP) is 2.07. The number of halogens is 1. The van der Waals surface area contributed by atoms with Gasteiger partial charge in [-0.25, -0.2) is 4.98 Å². The maximum absolute atomic E-state index is 12.0. The molecular weight excluding hydrogens is 284 g/mol. The first-order chi connectivity index (χ1) is 8.18. The van der Waals surface area contributed by atoms with E-state index in [-0.39, 0.29) is 11.7 Å². The zero-order valence-electron chi connectivity index (χ0n) is 8.72. The number of nitrogens with one attached hydrogen (secondary N) is 1. The van der Waals surface area contributed by atoms with Gasteiger partial charge in [0.05, 0.1) is 17.4 Å². The van der Waals surface area contributed by atoms with Crippen LogP contribution in [0.1, 0.15) is 10.4 Å². The van der Waals surface area contributed by atoms with E-state index < -0.39 is 0 Å². The highest BCUT2D eigenvalue weighted by molar-refractivity contribution is 9.10. The van der Waals surface area contributed by atoms with Crippen molar-refractivity contribution in [2.75, 3.05) is 11.1 Å². The van der Waals surface area contributed by atoms with Crippen molar-refractivity contribution in [3.05, 3.63) is 46.8 Å². The van der Waals surface area contributed by atoms with Crippen molar-refractivity contribution in [3.8, 4) is 0 Å². The number of nitrogen functional groups attached to an aromatic ring is 1. The first-order valence-electron chi connectivity index (χ1n) is 4.80. The third-order valence-electron chi connectivity index (χ3n) is 2.08. The van der Waals surface area contributed by atoms with Gasteiger partial charge in [-0.1, -0.05) is 0 Å². The van der Waals surface area contributed by atoms with Crippen molar-refractivity contribution in [2.24, 2.45) is 0 Å². The number of hydrogen-bond acceptors (Lipinski definition) is 4. The lowest BCUT2D eigenvalue weighted by Gasteiger charge is -2.07. The average molecular weight is 293 g/mol. The summed E-state index contributed by atoms with van der Waals surface area (Å²) in [4.78, 5) is 19.7. The molecule has 1 amide bonds. The van der Waals surface area contributed by atoms with Crippen molar-refractivity contribution in [1.82, 2.24) is 9.97 Å². The predicted molar refractivity (Wildman–Crippen MR) is 68.5 cm³/mol. The van der Waals surface area contributed by atoms with Crippen LogP contribution in [0.2, 0.25) is 0 Å². The zero-order chi connectivity index (χ0) is 12.3. The summed E-state index contributed by atoms with van der Waals surface area (Å²) >= 11 is 3.26. The quantitative estimate of drug-likeness (QED) is 0.888. The fourth-order valence-electron chi connectivity index (χ4n) is 1.31. The number of nitrogens with two attached hydrogens (primary N) is 1. The summed E-state index contributed by atoms with van der Waals surface area (Å²) in [5, 5.41) is 2.69. The van der Waals surface area contributed by atoms with E-state index in [9.17, 15) is 4.79 Å². The molecule has 0 aliphatic rings. The lowest BCUT2D eigenvalue weighted by molar-refractivity contribution is 0.102. The molecule has 3 N–H and O–H groups in total. The summed E-state index contributed by atoms with van der Waals surface area (Å²) in [5.74, 6) is -0.142. The van der Waals surface area contributed by atoms with Crippen molar-refractivity contribution < 1.29 is 4.79 Å². The van der Waals surface area contributed by atoms with Crippen LogP contribution in [0.25, 0.3) is 0 Å². The van der Waals surface area contributed by atoms with Gasteiger partial charge in [0.15, 0.2) is 0 Å². The van der Waals surface area contributed by atoms with Crippen molar-refractivity contribution in [2.45, 2.75) is 0 Å². The van der Waals surface area contributed by atoms with E-state index in [1.807, 2.05) is 0 Å². The molecule has 0 aliphatic carbocycles. The number of nitrogens with zero attached hydrogens (tertiary/aromatic N) is 2. The Morgan fingerprint density at radius 2 is 2.18 bits per heavy atom. The Morgan fingerprint density at radius 1 is 1.35 bits per heavy atom. The fraction of sp³-hybridized carbons (Fsp3) is 0. The van der Waals surface area contributed by atoms with Gasteiger partial charge in [0.1, 0.15) is 5.82 Å². The Hall–Kier alpha value is -1.95. The Bertz CT molecular complexity index is 524. The van der Waals surface area contributed by atoms with E-state index in [4.69, 9.17) is 5.73 Å². The number of pyridine rings is 2. The van der Waals surface area contributed by atoms with Crippen LogP contribution in [0.5, 0.6) is 0 Å². The normalized spacial score (nSPS) is 9.94. The van der Waals surface area contributed by atoms with E-state index in [0.717, 1.165) is 0 Å². The van der Waals surface area contributed by atoms with Gasteiger partial charge in [-0.2, -0.15) is 0 Å². The standard InChI is InChI=1S/C11H9BrN4O/c12-8-3-5-15-10(13)9(8)11(17)16-7-2-1-4-14-6-7/h1-6H,(H2,13,15)(H,16,17). The molecule has 17 heavy (non-hydrogen) atoms. The molecule has 0 radical (unpaired) electrons. The molecule has 6 heteroatoms. The topological polar surface area (TPSA) is 80.9 Å². The third-order valence-corrected chi connectivity index (χ3v) is 2.74. The lowest BCUT2D eigenvalue weighted by Crippen LogP contribution is -2.15. The van der Waals surface area contributed by atoms with Gasteiger partial charge in [-0.3, -0.25) is 9.78 Å². The molecule has 2 rings (SSSR count). The summed E-state index contributed by atoms with van der Waals surface area (Å²) in [7, 11) is 0. The van der Waals surface area contributed by atoms with Gasteiger partial charge < -0.3 is 11.1 Å². The number of rotatable bonds is 2. The maximum Gasteiger partial charge on any atom is 0.260 e. The van der Waals surface area contributed by atoms with Crippen molar-refractivity contribution >= 4 is 33.3 Å². The average Bonchev–Trinajstić information content (AvgIpc) is 2.30. The van der Waals surface area contributed by atoms with Gasteiger partial charge >= 0.3 is 0 Å². The van der Waals surface area contributed by atoms with Crippen LogP contribution in [-0.4, -0.2) is 15.9 Å². The molecule has 2 aromatic heterocycles. The van der Waals surface area contributed by atoms with Crippen molar-refractivity contribution in [3.63, 3.8) is 0 Å². The van der Waals surface area contributed by atoms with Gasteiger partial charge in [0.25, 0.3) is 5.91 Å². The second kappa shape index (κ2) is 4.92. The van der Waals surface area contributed by atoms with Crippen LogP contribution in [0.3, 0.4) is 0 Å². The summed E-state index contributed by atoms with van der Waals surface area (Å²) in [6, 6.07) is 5.14. The third kappa shape index (κ3) is 2.59. The number of carbonyl (C=O) groups excluding carboxylic acids is 1. The van der Waals surface area contributed by atoms with E-state index in [2.05, 4.69) is 31.2 Å². The molecule has 0 aromatic carbocycles. The van der Waals surface area contributed by atoms with Gasteiger partial charge in [0, 0.05) is 16.9 Å². The molecule has 0 spiro atoms. The number of amides is 1. The number of hydrogen-bond donors (Lipinski definition) is 2. The molecule has 2 heterocycles. The second-order valence-corrected chi connectivity index (χ2v) is 4.10. The smallest absolute Gasteiger partial charge is 0.260 e. The maximum atomic E-state index is 12.0. The van der Waals surface area contributed by atoms with Crippen LogP contribution in [-0.2, 0) is 0 Å². The highest BCUT2D eigenvalue weighted by Crippen LogP contribution is 2.21.